The minimum atomic E-state index is 0. The van der Waals surface area contributed by atoms with Crippen molar-refractivity contribution >= 4 is 18.2 Å². The molecule has 0 atom stereocenters. The Kier molecular flexibility index (Phi) is 5.62. The average Bonchev–Trinajstić information content (AvgIpc) is 2.31. The first-order chi connectivity index (χ1) is 7.75. The van der Waals surface area contributed by atoms with Crippen LogP contribution < -0.4 is 0 Å². The van der Waals surface area contributed by atoms with Gasteiger partial charge in [0.05, 0.1) is 13.2 Å². The van der Waals surface area contributed by atoms with Gasteiger partial charge >= 0.3 is 0 Å². The van der Waals surface area contributed by atoms with Crippen LogP contribution in [0.25, 0.3) is 0 Å². The van der Waals surface area contributed by atoms with Crippen LogP contribution in [0.3, 0.4) is 0 Å². The number of halogens is 1. The molecule has 0 aliphatic carbocycles. The number of ether oxygens (including phenoxy) is 1. The third-order valence-electron chi connectivity index (χ3n) is 2.87. The maximum atomic E-state index is 11.1. The molecular formula is C13H18ClNO2. The number of carbonyl (C=O) groups excluding carboxylic acids is 1. The van der Waals surface area contributed by atoms with Crippen LogP contribution in [0.5, 0.6) is 0 Å². The van der Waals surface area contributed by atoms with Gasteiger partial charge in [-0.15, -0.1) is 12.4 Å². The van der Waals surface area contributed by atoms with E-state index in [4.69, 9.17) is 4.74 Å². The maximum absolute atomic E-state index is 11.1. The van der Waals surface area contributed by atoms with E-state index < -0.39 is 0 Å². The fourth-order valence-corrected chi connectivity index (χ4v) is 1.86. The molecule has 1 fully saturated rings. The average molecular weight is 256 g/mol. The molecule has 0 radical (unpaired) electrons. The van der Waals surface area contributed by atoms with Crippen LogP contribution in [0.4, 0.5) is 0 Å². The van der Waals surface area contributed by atoms with Crippen LogP contribution in [0, 0.1) is 0 Å². The zero-order chi connectivity index (χ0) is 11.4. The summed E-state index contributed by atoms with van der Waals surface area (Å²) in [5.41, 5.74) is 2.04. The highest BCUT2D eigenvalue weighted by Crippen LogP contribution is 2.09. The largest absolute Gasteiger partial charge is 0.379 e. The molecule has 0 aromatic heterocycles. The van der Waals surface area contributed by atoms with Gasteiger partial charge in [-0.1, -0.05) is 24.3 Å². The van der Waals surface area contributed by atoms with Gasteiger partial charge in [-0.05, 0) is 12.5 Å². The maximum Gasteiger partial charge on any atom is 0.159 e. The summed E-state index contributed by atoms with van der Waals surface area (Å²) < 4.78 is 5.30. The lowest BCUT2D eigenvalue weighted by atomic mass is 10.1. The first-order valence-electron chi connectivity index (χ1n) is 5.66. The Hall–Kier alpha value is -0.900. The van der Waals surface area contributed by atoms with Crippen molar-refractivity contribution in [3.63, 3.8) is 0 Å². The van der Waals surface area contributed by atoms with Crippen molar-refractivity contribution in [3.05, 3.63) is 35.4 Å². The van der Waals surface area contributed by atoms with Crippen LogP contribution in [-0.4, -0.2) is 37.0 Å². The van der Waals surface area contributed by atoms with Crippen molar-refractivity contribution in [2.24, 2.45) is 0 Å². The van der Waals surface area contributed by atoms with E-state index in [0.29, 0.717) is 0 Å². The van der Waals surface area contributed by atoms with Gasteiger partial charge in [-0.25, -0.2) is 0 Å². The highest BCUT2D eigenvalue weighted by molar-refractivity contribution is 5.93. The van der Waals surface area contributed by atoms with Crippen molar-refractivity contribution in [2.75, 3.05) is 26.3 Å². The van der Waals surface area contributed by atoms with Crippen molar-refractivity contribution in [3.8, 4) is 0 Å². The van der Waals surface area contributed by atoms with E-state index in [1.807, 2.05) is 24.3 Å². The predicted molar refractivity (Wildman–Crippen MR) is 69.8 cm³/mol. The van der Waals surface area contributed by atoms with Gasteiger partial charge in [0.2, 0.25) is 0 Å². The Morgan fingerprint density at radius 3 is 2.35 bits per heavy atom. The number of ketones is 1. The normalized spacial score (nSPS) is 16.3. The molecule has 0 amide bonds. The number of Topliss-reactive ketones (excluding diaryl/α,β-unsaturated/α-hetero) is 1. The molecule has 0 bridgehead atoms. The Balaban J connectivity index is 0.00000144. The number of hydrogen-bond acceptors (Lipinski definition) is 3. The van der Waals surface area contributed by atoms with Crippen LogP contribution in [0.1, 0.15) is 22.8 Å². The van der Waals surface area contributed by atoms with Crippen LogP contribution in [0.15, 0.2) is 24.3 Å². The molecule has 1 heterocycles. The third-order valence-corrected chi connectivity index (χ3v) is 2.87. The lowest BCUT2D eigenvalue weighted by molar-refractivity contribution is 0.0342. The molecule has 94 valence electrons. The second-order valence-electron chi connectivity index (χ2n) is 4.14. The fraction of sp³-hybridized carbons (Fsp3) is 0.462. The first kappa shape index (κ1) is 14.2. The first-order valence-corrected chi connectivity index (χ1v) is 5.66. The van der Waals surface area contributed by atoms with Crippen molar-refractivity contribution in [1.82, 2.24) is 4.90 Å². The minimum Gasteiger partial charge on any atom is -0.379 e. The summed E-state index contributed by atoms with van der Waals surface area (Å²) in [6.07, 6.45) is 0. The lowest BCUT2D eigenvalue weighted by Crippen LogP contribution is -2.35. The van der Waals surface area contributed by atoms with Gasteiger partial charge in [0.25, 0.3) is 0 Å². The number of nitrogens with zero attached hydrogens (tertiary/aromatic N) is 1. The highest BCUT2D eigenvalue weighted by Gasteiger charge is 2.10. The molecule has 3 nitrogen and oxygen atoms in total. The van der Waals surface area contributed by atoms with E-state index in [1.54, 1.807) is 6.92 Å². The van der Waals surface area contributed by atoms with Crippen LogP contribution in [0.2, 0.25) is 0 Å². The molecule has 1 aromatic rings. The predicted octanol–water partition coefficient (Wildman–Crippen LogP) is 2.14. The van der Waals surface area contributed by atoms with E-state index in [9.17, 15) is 4.79 Å². The summed E-state index contributed by atoms with van der Waals surface area (Å²) in [4.78, 5) is 13.5. The molecule has 2 rings (SSSR count). The van der Waals surface area contributed by atoms with Gasteiger partial charge in [0, 0.05) is 25.2 Å². The van der Waals surface area contributed by atoms with E-state index in [2.05, 4.69) is 4.90 Å². The van der Waals surface area contributed by atoms with Gasteiger partial charge in [0.1, 0.15) is 0 Å². The summed E-state index contributed by atoms with van der Waals surface area (Å²) in [7, 11) is 0. The molecular weight excluding hydrogens is 238 g/mol. The van der Waals surface area contributed by atoms with E-state index in [-0.39, 0.29) is 18.2 Å². The van der Waals surface area contributed by atoms with Crippen molar-refractivity contribution in [2.45, 2.75) is 13.5 Å². The van der Waals surface area contributed by atoms with Crippen molar-refractivity contribution < 1.29 is 9.53 Å². The summed E-state index contributed by atoms with van der Waals surface area (Å²) >= 11 is 0. The van der Waals surface area contributed by atoms with Gasteiger partial charge in [-0.3, -0.25) is 9.69 Å². The summed E-state index contributed by atoms with van der Waals surface area (Å²) in [6.45, 7) is 6.18. The van der Waals surface area contributed by atoms with Gasteiger partial charge in [-0.2, -0.15) is 0 Å². The highest BCUT2D eigenvalue weighted by atomic mass is 35.5. The fourth-order valence-electron chi connectivity index (χ4n) is 1.86. The Labute approximate surface area is 108 Å². The Morgan fingerprint density at radius 1 is 1.24 bits per heavy atom. The van der Waals surface area contributed by atoms with E-state index >= 15 is 0 Å². The molecule has 1 aliphatic rings. The quantitative estimate of drug-likeness (QED) is 0.775. The molecule has 1 aliphatic heterocycles. The van der Waals surface area contributed by atoms with Crippen LogP contribution in [-0.2, 0) is 11.3 Å². The molecule has 17 heavy (non-hydrogen) atoms. The number of rotatable bonds is 3. The van der Waals surface area contributed by atoms with Gasteiger partial charge < -0.3 is 4.74 Å². The molecule has 0 spiro atoms. The zero-order valence-electron chi connectivity index (χ0n) is 10.0. The second kappa shape index (κ2) is 6.74. The van der Waals surface area contributed by atoms with Crippen LogP contribution >= 0.6 is 12.4 Å². The zero-order valence-corrected chi connectivity index (χ0v) is 10.8. The Bertz CT molecular complexity index is 358. The second-order valence-corrected chi connectivity index (χ2v) is 4.14. The summed E-state index contributed by atoms with van der Waals surface area (Å²) in [5, 5.41) is 0. The SMILES string of the molecule is CC(=O)c1ccc(CN2CCOCC2)cc1.Cl. The topological polar surface area (TPSA) is 29.5 Å². The number of benzene rings is 1. The Morgan fingerprint density at radius 2 is 1.82 bits per heavy atom. The monoisotopic (exact) mass is 255 g/mol. The standard InChI is InChI=1S/C13H17NO2.ClH/c1-11(15)13-4-2-12(3-5-13)10-14-6-8-16-9-7-14;/h2-5H,6-10H2,1H3;1H. The summed E-state index contributed by atoms with van der Waals surface area (Å²) in [6, 6.07) is 7.87. The smallest absolute Gasteiger partial charge is 0.159 e. The van der Waals surface area contributed by atoms with E-state index in [0.717, 1.165) is 38.4 Å². The molecule has 0 saturated carbocycles. The molecule has 0 unspecified atom stereocenters. The number of morpholine rings is 1. The number of carbonyl (C=O) groups is 1. The molecule has 1 saturated heterocycles. The van der Waals surface area contributed by atoms with Crippen molar-refractivity contribution in [1.29, 1.82) is 0 Å². The third kappa shape index (κ3) is 4.11. The molecule has 0 N–H and O–H groups in total. The molecule has 1 aromatic carbocycles. The lowest BCUT2D eigenvalue weighted by Gasteiger charge is -2.26. The van der Waals surface area contributed by atoms with E-state index in [1.165, 1.54) is 5.56 Å². The minimum absolute atomic E-state index is 0. The summed E-state index contributed by atoms with van der Waals surface area (Å²) in [5.74, 6) is 0.123. The number of hydrogen-bond donors (Lipinski definition) is 0. The van der Waals surface area contributed by atoms with Gasteiger partial charge in [0.15, 0.2) is 5.78 Å². The molecule has 4 heteroatoms.